The Balaban J connectivity index is 2.75. The third-order valence-electron chi connectivity index (χ3n) is 2.53. The van der Waals surface area contributed by atoms with Crippen LogP contribution in [0.3, 0.4) is 0 Å². The molecular formula is C11H10N2O3S. The summed E-state index contributed by atoms with van der Waals surface area (Å²) in [6, 6.07) is 4.44. The lowest BCUT2D eigenvalue weighted by atomic mass is 9.95. The first-order chi connectivity index (χ1) is 7.97. The van der Waals surface area contributed by atoms with Gasteiger partial charge in [-0.1, -0.05) is 18.2 Å². The van der Waals surface area contributed by atoms with Crippen molar-refractivity contribution in [2.45, 2.75) is 4.90 Å². The summed E-state index contributed by atoms with van der Waals surface area (Å²) in [5.41, 5.74) is 0.438. The fraction of sp³-hybridized carbons (Fsp3) is 0.0909. The van der Waals surface area contributed by atoms with Crippen LogP contribution in [0, 0.1) is 5.41 Å². The van der Waals surface area contributed by atoms with Gasteiger partial charge in [-0.05, 0) is 19.2 Å². The predicted molar refractivity (Wildman–Crippen MR) is 63.8 cm³/mol. The second-order valence-electron chi connectivity index (χ2n) is 3.50. The van der Waals surface area contributed by atoms with Gasteiger partial charge in [-0.3, -0.25) is 10.2 Å². The van der Waals surface area contributed by atoms with Crippen molar-refractivity contribution in [3.8, 4) is 0 Å². The van der Waals surface area contributed by atoms with Gasteiger partial charge in [-0.15, -0.1) is 0 Å². The Bertz CT molecular complexity index is 645. The molecule has 0 saturated carbocycles. The SMILES string of the molecule is CNS(=O)(=O)c1cccc2c1C=CC(=N)C2=O. The van der Waals surface area contributed by atoms with Crippen LogP contribution in [0.4, 0.5) is 0 Å². The number of rotatable bonds is 2. The van der Waals surface area contributed by atoms with Crippen molar-refractivity contribution in [2.75, 3.05) is 7.05 Å². The molecule has 2 rings (SSSR count). The smallest absolute Gasteiger partial charge is 0.240 e. The van der Waals surface area contributed by atoms with Crippen molar-refractivity contribution < 1.29 is 13.2 Å². The molecule has 0 aliphatic heterocycles. The molecule has 1 aliphatic rings. The van der Waals surface area contributed by atoms with E-state index in [-0.39, 0.29) is 16.2 Å². The van der Waals surface area contributed by atoms with E-state index < -0.39 is 15.8 Å². The second kappa shape index (κ2) is 3.90. The molecule has 5 nitrogen and oxygen atoms in total. The topological polar surface area (TPSA) is 87.1 Å². The van der Waals surface area contributed by atoms with Crippen LogP contribution in [-0.2, 0) is 10.0 Å². The minimum absolute atomic E-state index is 0.0506. The number of fused-ring (bicyclic) bond motifs is 1. The third-order valence-corrected chi connectivity index (χ3v) is 4.00. The molecule has 0 amide bonds. The Morgan fingerprint density at radius 3 is 2.59 bits per heavy atom. The fourth-order valence-corrected chi connectivity index (χ4v) is 2.59. The molecule has 0 fully saturated rings. The number of ketones is 1. The van der Waals surface area contributed by atoms with Gasteiger partial charge in [0.2, 0.25) is 15.8 Å². The zero-order valence-electron chi connectivity index (χ0n) is 9.02. The summed E-state index contributed by atoms with van der Waals surface area (Å²) in [6.07, 6.45) is 2.78. The van der Waals surface area contributed by atoms with Crippen LogP contribution in [0.25, 0.3) is 6.08 Å². The molecule has 0 atom stereocenters. The lowest BCUT2D eigenvalue weighted by Crippen LogP contribution is -2.23. The number of nitrogens with one attached hydrogen (secondary N) is 2. The maximum absolute atomic E-state index is 11.8. The number of hydrogen-bond acceptors (Lipinski definition) is 4. The number of Topliss-reactive ketones (excluding diaryl/α,β-unsaturated/α-hetero) is 1. The summed E-state index contributed by atoms with van der Waals surface area (Å²) in [5, 5.41) is 7.40. The Hall–Kier alpha value is -1.79. The largest absolute Gasteiger partial charge is 0.297 e. The van der Waals surface area contributed by atoms with Gasteiger partial charge in [0, 0.05) is 11.1 Å². The highest BCUT2D eigenvalue weighted by atomic mass is 32.2. The van der Waals surface area contributed by atoms with Crippen molar-refractivity contribution >= 4 is 27.6 Å². The quantitative estimate of drug-likeness (QED) is 0.814. The minimum Gasteiger partial charge on any atom is -0.297 e. The molecule has 0 unspecified atom stereocenters. The average Bonchev–Trinajstić information content (AvgIpc) is 2.33. The molecule has 0 saturated heterocycles. The van der Waals surface area contributed by atoms with E-state index in [2.05, 4.69) is 4.72 Å². The van der Waals surface area contributed by atoms with E-state index in [4.69, 9.17) is 5.41 Å². The van der Waals surface area contributed by atoms with Crippen molar-refractivity contribution in [3.05, 3.63) is 35.4 Å². The summed E-state index contributed by atoms with van der Waals surface area (Å²) < 4.78 is 25.7. The van der Waals surface area contributed by atoms with Crippen LogP contribution in [0.1, 0.15) is 15.9 Å². The summed E-state index contributed by atoms with van der Waals surface area (Å²) in [4.78, 5) is 11.7. The van der Waals surface area contributed by atoms with Crippen LogP contribution in [0.5, 0.6) is 0 Å². The van der Waals surface area contributed by atoms with Crippen molar-refractivity contribution in [1.29, 1.82) is 5.41 Å². The van der Waals surface area contributed by atoms with Crippen LogP contribution in [-0.4, -0.2) is 27.0 Å². The van der Waals surface area contributed by atoms with Crippen molar-refractivity contribution in [2.24, 2.45) is 0 Å². The van der Waals surface area contributed by atoms with Crippen LogP contribution < -0.4 is 4.72 Å². The van der Waals surface area contributed by atoms with Gasteiger partial charge in [0.05, 0.1) is 4.90 Å². The van der Waals surface area contributed by atoms with Gasteiger partial charge in [-0.25, -0.2) is 13.1 Å². The highest BCUT2D eigenvalue weighted by Crippen LogP contribution is 2.24. The summed E-state index contributed by atoms with van der Waals surface area (Å²) >= 11 is 0. The molecule has 88 valence electrons. The molecule has 0 bridgehead atoms. The maximum atomic E-state index is 11.8. The van der Waals surface area contributed by atoms with E-state index in [1.165, 1.54) is 37.4 Å². The predicted octanol–water partition coefficient (Wildman–Crippen LogP) is 0.824. The van der Waals surface area contributed by atoms with Gasteiger partial charge in [-0.2, -0.15) is 0 Å². The second-order valence-corrected chi connectivity index (χ2v) is 5.36. The minimum atomic E-state index is -3.60. The van der Waals surface area contributed by atoms with Crippen molar-refractivity contribution in [3.63, 3.8) is 0 Å². The number of carbonyl (C=O) groups excluding carboxylic acids is 1. The molecule has 2 N–H and O–H groups in total. The lowest BCUT2D eigenvalue weighted by Gasteiger charge is -2.14. The third kappa shape index (κ3) is 1.81. The van der Waals surface area contributed by atoms with Gasteiger partial charge >= 0.3 is 0 Å². The summed E-state index contributed by atoms with van der Waals surface area (Å²) in [6.45, 7) is 0. The molecule has 1 aliphatic carbocycles. The van der Waals surface area contributed by atoms with Gasteiger partial charge in [0.25, 0.3) is 0 Å². The lowest BCUT2D eigenvalue weighted by molar-refractivity contribution is 0.106. The van der Waals surface area contributed by atoms with Gasteiger partial charge in [0.15, 0.2) is 0 Å². The van der Waals surface area contributed by atoms with E-state index in [0.717, 1.165) is 0 Å². The molecule has 6 heteroatoms. The first-order valence-electron chi connectivity index (χ1n) is 4.85. The normalized spacial score (nSPS) is 14.9. The van der Waals surface area contributed by atoms with E-state index in [9.17, 15) is 13.2 Å². The maximum Gasteiger partial charge on any atom is 0.240 e. The zero-order chi connectivity index (χ0) is 12.6. The number of benzene rings is 1. The van der Waals surface area contributed by atoms with E-state index in [0.29, 0.717) is 5.56 Å². The highest BCUT2D eigenvalue weighted by molar-refractivity contribution is 7.89. The number of hydrogen-bond donors (Lipinski definition) is 2. The van der Waals surface area contributed by atoms with E-state index in [1.807, 2.05) is 0 Å². The first kappa shape index (κ1) is 11.7. The van der Waals surface area contributed by atoms with Crippen LogP contribution in [0.2, 0.25) is 0 Å². The zero-order valence-corrected chi connectivity index (χ0v) is 9.84. The van der Waals surface area contributed by atoms with E-state index in [1.54, 1.807) is 0 Å². The average molecular weight is 250 g/mol. The molecular weight excluding hydrogens is 240 g/mol. The van der Waals surface area contributed by atoms with Crippen LogP contribution >= 0.6 is 0 Å². The molecule has 1 aromatic carbocycles. The number of carbonyl (C=O) groups is 1. The van der Waals surface area contributed by atoms with Crippen molar-refractivity contribution in [1.82, 2.24) is 4.72 Å². The molecule has 0 radical (unpaired) electrons. The Kier molecular flexibility index (Phi) is 2.68. The molecule has 0 spiro atoms. The summed E-state index contributed by atoms with van der Waals surface area (Å²) in [5.74, 6) is -0.462. The fourth-order valence-electron chi connectivity index (χ4n) is 1.65. The monoisotopic (exact) mass is 250 g/mol. The molecule has 0 aromatic heterocycles. The van der Waals surface area contributed by atoms with Gasteiger partial charge in [0.1, 0.15) is 5.71 Å². The summed E-state index contributed by atoms with van der Waals surface area (Å²) in [7, 11) is -2.29. The van der Waals surface area contributed by atoms with Gasteiger partial charge < -0.3 is 0 Å². The molecule has 0 heterocycles. The number of sulfonamides is 1. The Labute approximate surface area is 98.7 Å². The first-order valence-corrected chi connectivity index (χ1v) is 6.33. The number of allylic oxidation sites excluding steroid dienone is 1. The highest BCUT2D eigenvalue weighted by Gasteiger charge is 2.24. The standard InChI is InChI=1S/C11H10N2O3S/c1-13-17(15,16)10-4-2-3-8-7(10)5-6-9(12)11(8)14/h2-6,12-13H,1H3. The molecule has 1 aromatic rings. The molecule has 17 heavy (non-hydrogen) atoms. The van der Waals surface area contributed by atoms with E-state index >= 15 is 0 Å². The van der Waals surface area contributed by atoms with Crippen LogP contribution in [0.15, 0.2) is 29.2 Å². The Morgan fingerprint density at radius 2 is 1.94 bits per heavy atom. The Morgan fingerprint density at radius 1 is 1.24 bits per heavy atom.